The molecule has 1 unspecified atom stereocenters. The second-order valence-electron chi connectivity index (χ2n) is 6.36. The van der Waals surface area contributed by atoms with Gasteiger partial charge in [0.15, 0.2) is 0 Å². The fourth-order valence-corrected chi connectivity index (χ4v) is 3.08. The lowest BCUT2D eigenvalue weighted by molar-refractivity contribution is 0.286. The largest absolute Gasteiger partial charge is 0.497 e. The van der Waals surface area contributed by atoms with Crippen LogP contribution < -0.4 is 10.1 Å². The Morgan fingerprint density at radius 2 is 2.05 bits per heavy atom. The van der Waals surface area contributed by atoms with E-state index in [9.17, 15) is 0 Å². The molecule has 0 aromatic heterocycles. The Bertz CT molecular complexity index is 417. The van der Waals surface area contributed by atoms with E-state index in [2.05, 4.69) is 61.1 Å². The summed E-state index contributed by atoms with van der Waals surface area (Å²) in [6.07, 6.45) is 3.39. The number of nitrogens with one attached hydrogen (secondary N) is 1. The fraction of sp³-hybridized carbons (Fsp3) is 0.647. The highest BCUT2D eigenvalue weighted by Crippen LogP contribution is 2.32. The second-order valence-corrected chi connectivity index (χ2v) is 7.21. The number of hydrogen-bond donors (Lipinski definition) is 1. The van der Waals surface area contributed by atoms with Gasteiger partial charge in [-0.2, -0.15) is 0 Å². The Balaban J connectivity index is 2.69. The number of benzene rings is 1. The van der Waals surface area contributed by atoms with E-state index in [4.69, 9.17) is 4.74 Å². The molecule has 0 bridgehead atoms. The third-order valence-corrected chi connectivity index (χ3v) is 4.30. The van der Waals surface area contributed by atoms with Crippen molar-refractivity contribution in [2.75, 3.05) is 13.7 Å². The van der Waals surface area contributed by atoms with Crippen molar-refractivity contribution in [3.05, 3.63) is 28.2 Å². The zero-order valence-corrected chi connectivity index (χ0v) is 15.0. The van der Waals surface area contributed by atoms with E-state index in [0.29, 0.717) is 6.04 Å². The van der Waals surface area contributed by atoms with Crippen molar-refractivity contribution < 1.29 is 4.74 Å². The maximum atomic E-state index is 5.33. The molecule has 0 radical (unpaired) electrons. The number of halogens is 1. The van der Waals surface area contributed by atoms with Gasteiger partial charge in [0.2, 0.25) is 0 Å². The zero-order valence-electron chi connectivity index (χ0n) is 13.4. The minimum absolute atomic E-state index is 0.259. The third-order valence-electron chi connectivity index (χ3n) is 3.52. The second kappa shape index (κ2) is 8.04. The molecule has 0 aliphatic carbocycles. The van der Waals surface area contributed by atoms with E-state index in [0.717, 1.165) is 25.1 Å². The Kier molecular flexibility index (Phi) is 7.04. The van der Waals surface area contributed by atoms with Crippen molar-refractivity contribution in [2.24, 2.45) is 5.41 Å². The van der Waals surface area contributed by atoms with Crippen LogP contribution in [0.25, 0.3) is 0 Å². The fourth-order valence-electron chi connectivity index (χ4n) is 2.69. The molecule has 0 heterocycles. The van der Waals surface area contributed by atoms with Gasteiger partial charge in [0, 0.05) is 10.5 Å². The monoisotopic (exact) mass is 341 g/mol. The molecule has 0 spiro atoms. The normalized spacial score (nSPS) is 13.3. The standard InChI is InChI=1S/C17H28BrNO/c1-6-9-19-13(2)11-17(3,4)12-14-10-15(20-5)7-8-16(14)18/h7-8,10,13,19H,6,9,11-12H2,1-5H3. The molecule has 0 aliphatic rings. The SMILES string of the molecule is CCCNC(C)CC(C)(C)Cc1cc(OC)ccc1Br. The van der Waals surface area contributed by atoms with Gasteiger partial charge in [0.05, 0.1) is 7.11 Å². The van der Waals surface area contributed by atoms with Gasteiger partial charge < -0.3 is 10.1 Å². The summed E-state index contributed by atoms with van der Waals surface area (Å²) in [6, 6.07) is 6.75. The molecule has 20 heavy (non-hydrogen) atoms. The molecule has 114 valence electrons. The first-order valence-electron chi connectivity index (χ1n) is 7.43. The molecule has 1 atom stereocenters. The lowest BCUT2D eigenvalue weighted by Gasteiger charge is -2.29. The van der Waals surface area contributed by atoms with Gasteiger partial charge in [-0.15, -0.1) is 0 Å². The quantitative estimate of drug-likeness (QED) is 0.732. The summed E-state index contributed by atoms with van der Waals surface area (Å²) in [5.74, 6) is 0.927. The molecule has 0 saturated carbocycles. The average molecular weight is 342 g/mol. The summed E-state index contributed by atoms with van der Waals surface area (Å²) in [7, 11) is 1.72. The van der Waals surface area contributed by atoms with Gasteiger partial charge in [0.1, 0.15) is 5.75 Å². The van der Waals surface area contributed by atoms with Crippen LogP contribution in [0.1, 0.15) is 46.1 Å². The highest BCUT2D eigenvalue weighted by atomic mass is 79.9. The van der Waals surface area contributed by atoms with Crippen LogP contribution in [0.4, 0.5) is 0 Å². The molecule has 1 N–H and O–H groups in total. The zero-order chi connectivity index (χ0) is 15.2. The van der Waals surface area contributed by atoms with Crippen LogP contribution >= 0.6 is 15.9 Å². The summed E-state index contributed by atoms with van der Waals surface area (Å²) >= 11 is 3.65. The predicted octanol–water partition coefficient (Wildman–Crippen LogP) is 4.80. The minimum Gasteiger partial charge on any atom is -0.497 e. The Morgan fingerprint density at radius 1 is 1.35 bits per heavy atom. The van der Waals surface area contributed by atoms with E-state index in [1.54, 1.807) is 7.11 Å². The minimum atomic E-state index is 0.259. The molecule has 0 aliphatic heterocycles. The molecule has 0 fully saturated rings. The van der Waals surface area contributed by atoms with E-state index < -0.39 is 0 Å². The van der Waals surface area contributed by atoms with Crippen molar-refractivity contribution in [3.63, 3.8) is 0 Å². The maximum absolute atomic E-state index is 5.33. The first-order valence-corrected chi connectivity index (χ1v) is 8.23. The topological polar surface area (TPSA) is 21.3 Å². The van der Waals surface area contributed by atoms with Crippen molar-refractivity contribution in [1.82, 2.24) is 5.32 Å². The number of ether oxygens (including phenoxy) is 1. The van der Waals surface area contributed by atoms with Gasteiger partial charge in [0.25, 0.3) is 0 Å². The highest BCUT2D eigenvalue weighted by molar-refractivity contribution is 9.10. The smallest absolute Gasteiger partial charge is 0.119 e. The molecule has 2 nitrogen and oxygen atoms in total. The third kappa shape index (κ3) is 5.84. The summed E-state index contributed by atoms with van der Waals surface area (Å²) in [6.45, 7) is 10.3. The number of methoxy groups -OCH3 is 1. The molecule has 0 saturated heterocycles. The average Bonchev–Trinajstić information content (AvgIpc) is 2.38. The van der Waals surface area contributed by atoms with E-state index >= 15 is 0 Å². The van der Waals surface area contributed by atoms with Crippen LogP contribution in [0, 0.1) is 5.41 Å². The summed E-state index contributed by atoms with van der Waals surface area (Å²) in [5, 5.41) is 3.57. The summed E-state index contributed by atoms with van der Waals surface area (Å²) < 4.78 is 6.49. The Hall–Kier alpha value is -0.540. The highest BCUT2D eigenvalue weighted by Gasteiger charge is 2.22. The van der Waals surface area contributed by atoms with Crippen molar-refractivity contribution in [1.29, 1.82) is 0 Å². The van der Waals surface area contributed by atoms with Crippen LogP contribution in [0.15, 0.2) is 22.7 Å². The van der Waals surface area contributed by atoms with Crippen molar-refractivity contribution >= 4 is 15.9 Å². The van der Waals surface area contributed by atoms with Crippen LogP contribution in [0.5, 0.6) is 5.75 Å². The lowest BCUT2D eigenvalue weighted by atomic mass is 9.80. The summed E-state index contributed by atoms with van der Waals surface area (Å²) in [5.41, 5.74) is 1.58. The van der Waals surface area contributed by atoms with Crippen molar-refractivity contribution in [2.45, 2.75) is 53.0 Å². The van der Waals surface area contributed by atoms with Gasteiger partial charge in [-0.3, -0.25) is 0 Å². The van der Waals surface area contributed by atoms with E-state index in [-0.39, 0.29) is 5.41 Å². The molecule has 1 aromatic carbocycles. The number of rotatable bonds is 8. The molecule has 3 heteroatoms. The lowest BCUT2D eigenvalue weighted by Crippen LogP contribution is -2.32. The van der Waals surface area contributed by atoms with Crippen LogP contribution in [0.3, 0.4) is 0 Å². The van der Waals surface area contributed by atoms with Gasteiger partial charge in [-0.1, -0.05) is 36.7 Å². The Morgan fingerprint density at radius 3 is 2.65 bits per heavy atom. The molecule has 0 amide bonds. The summed E-state index contributed by atoms with van der Waals surface area (Å²) in [4.78, 5) is 0. The first kappa shape index (κ1) is 17.5. The van der Waals surface area contributed by atoms with E-state index in [1.165, 1.54) is 16.5 Å². The first-order chi connectivity index (χ1) is 9.38. The van der Waals surface area contributed by atoms with Gasteiger partial charge in [-0.05, 0) is 61.9 Å². The van der Waals surface area contributed by atoms with E-state index in [1.807, 2.05) is 6.07 Å². The molecule has 1 aromatic rings. The number of hydrogen-bond acceptors (Lipinski definition) is 2. The van der Waals surface area contributed by atoms with Crippen LogP contribution in [-0.2, 0) is 6.42 Å². The van der Waals surface area contributed by atoms with Crippen molar-refractivity contribution in [3.8, 4) is 5.75 Å². The molecule has 1 rings (SSSR count). The van der Waals surface area contributed by atoms with Gasteiger partial charge >= 0.3 is 0 Å². The maximum Gasteiger partial charge on any atom is 0.119 e. The van der Waals surface area contributed by atoms with Crippen LogP contribution in [-0.4, -0.2) is 19.7 Å². The van der Waals surface area contributed by atoms with Crippen LogP contribution in [0.2, 0.25) is 0 Å². The van der Waals surface area contributed by atoms with Gasteiger partial charge in [-0.25, -0.2) is 0 Å². The Labute approximate surface area is 132 Å². The molecular formula is C17H28BrNO. The molecular weight excluding hydrogens is 314 g/mol. The predicted molar refractivity (Wildman–Crippen MR) is 90.6 cm³/mol.